The Morgan fingerprint density at radius 3 is 2.53 bits per heavy atom. The Bertz CT molecular complexity index is 390. The molecule has 1 aromatic rings. The minimum atomic E-state index is -0.675. The Kier molecular flexibility index (Phi) is 7.80. The average molecular weight is 327 g/mol. The molecule has 0 spiro atoms. The van der Waals surface area contributed by atoms with Crippen LogP contribution in [-0.4, -0.2) is 11.1 Å². The van der Waals surface area contributed by atoms with E-state index in [1.807, 2.05) is 24.3 Å². The number of unbranched alkanes of at least 4 members (excludes halogenated alkanes) is 4. The van der Waals surface area contributed by atoms with E-state index in [1.165, 1.54) is 19.3 Å². The van der Waals surface area contributed by atoms with Gasteiger partial charge in [0.05, 0.1) is 5.92 Å². The number of hydrogen-bond acceptors (Lipinski definition) is 1. The Morgan fingerprint density at radius 1 is 1.21 bits per heavy atom. The monoisotopic (exact) mass is 326 g/mol. The molecule has 106 valence electrons. The van der Waals surface area contributed by atoms with Gasteiger partial charge in [-0.2, -0.15) is 0 Å². The maximum Gasteiger partial charge on any atom is 0.306 e. The zero-order valence-corrected chi connectivity index (χ0v) is 13.2. The Hall–Kier alpha value is -0.830. The van der Waals surface area contributed by atoms with Crippen molar-refractivity contribution in [3.63, 3.8) is 0 Å². The number of benzene rings is 1. The zero-order valence-electron chi connectivity index (χ0n) is 11.6. The molecule has 0 radical (unpaired) electrons. The quantitative estimate of drug-likeness (QED) is 0.644. The molecule has 3 heteroatoms. The first-order chi connectivity index (χ1) is 9.15. The van der Waals surface area contributed by atoms with Crippen LogP contribution in [-0.2, 0) is 11.2 Å². The van der Waals surface area contributed by atoms with Crippen LogP contribution in [0, 0.1) is 5.92 Å². The number of carbonyl (C=O) groups is 1. The first-order valence-electron chi connectivity index (χ1n) is 7.11. The van der Waals surface area contributed by atoms with Crippen LogP contribution in [0.15, 0.2) is 28.7 Å². The van der Waals surface area contributed by atoms with Crippen molar-refractivity contribution in [3.05, 3.63) is 34.3 Å². The van der Waals surface area contributed by atoms with E-state index in [-0.39, 0.29) is 5.92 Å². The van der Waals surface area contributed by atoms with Gasteiger partial charge >= 0.3 is 5.97 Å². The van der Waals surface area contributed by atoms with Gasteiger partial charge in [0.15, 0.2) is 0 Å². The molecule has 0 heterocycles. The summed E-state index contributed by atoms with van der Waals surface area (Å²) in [7, 11) is 0. The molecule has 1 unspecified atom stereocenters. The summed E-state index contributed by atoms with van der Waals surface area (Å²) in [6.07, 6.45) is 7.25. The van der Waals surface area contributed by atoms with Crippen molar-refractivity contribution in [2.75, 3.05) is 0 Å². The van der Waals surface area contributed by atoms with Gasteiger partial charge in [0.1, 0.15) is 0 Å². The van der Waals surface area contributed by atoms with Crippen LogP contribution >= 0.6 is 15.9 Å². The molecule has 0 aliphatic carbocycles. The summed E-state index contributed by atoms with van der Waals surface area (Å²) in [4.78, 5) is 11.3. The SMILES string of the molecule is CCCCCCCC(Cc1ccccc1Br)C(=O)O. The third kappa shape index (κ3) is 6.24. The van der Waals surface area contributed by atoms with Crippen molar-refractivity contribution in [2.45, 2.75) is 51.9 Å². The molecule has 0 aliphatic rings. The molecular weight excluding hydrogens is 304 g/mol. The second-order valence-corrected chi connectivity index (χ2v) is 5.89. The van der Waals surface area contributed by atoms with Crippen molar-refractivity contribution >= 4 is 21.9 Å². The Balaban J connectivity index is 2.45. The lowest BCUT2D eigenvalue weighted by Gasteiger charge is -2.13. The highest BCUT2D eigenvalue weighted by molar-refractivity contribution is 9.10. The lowest BCUT2D eigenvalue weighted by Crippen LogP contribution is -2.16. The molecule has 0 fully saturated rings. The minimum Gasteiger partial charge on any atom is -0.481 e. The molecule has 1 atom stereocenters. The maximum atomic E-state index is 11.3. The summed E-state index contributed by atoms with van der Waals surface area (Å²) in [5.74, 6) is -0.938. The molecule has 0 saturated carbocycles. The predicted octanol–water partition coefficient (Wildman–Crippen LogP) is 5.05. The van der Waals surface area contributed by atoms with Crippen LogP contribution in [0.1, 0.15) is 51.0 Å². The number of carboxylic acids is 1. The lowest BCUT2D eigenvalue weighted by atomic mass is 9.93. The largest absolute Gasteiger partial charge is 0.481 e. The third-order valence-corrected chi connectivity index (χ3v) is 4.20. The average Bonchev–Trinajstić information content (AvgIpc) is 2.39. The van der Waals surface area contributed by atoms with Crippen LogP contribution in [0.3, 0.4) is 0 Å². The molecule has 0 aromatic heterocycles. The van der Waals surface area contributed by atoms with Crippen LogP contribution in [0.5, 0.6) is 0 Å². The summed E-state index contributed by atoms with van der Waals surface area (Å²) in [5, 5.41) is 9.31. The van der Waals surface area contributed by atoms with Gasteiger partial charge in [-0.1, -0.05) is 73.2 Å². The molecule has 19 heavy (non-hydrogen) atoms. The molecule has 0 aliphatic heterocycles. The van der Waals surface area contributed by atoms with Crippen LogP contribution < -0.4 is 0 Å². The highest BCUT2D eigenvalue weighted by Crippen LogP contribution is 2.22. The number of halogens is 1. The van der Waals surface area contributed by atoms with Gasteiger partial charge in [0, 0.05) is 4.47 Å². The van der Waals surface area contributed by atoms with Crippen molar-refractivity contribution in [3.8, 4) is 0 Å². The van der Waals surface area contributed by atoms with Crippen LogP contribution in [0.4, 0.5) is 0 Å². The van der Waals surface area contributed by atoms with Gasteiger partial charge in [0.2, 0.25) is 0 Å². The lowest BCUT2D eigenvalue weighted by molar-refractivity contribution is -0.142. The number of carboxylic acid groups (broad SMARTS) is 1. The second-order valence-electron chi connectivity index (χ2n) is 5.03. The maximum absolute atomic E-state index is 11.3. The van der Waals surface area contributed by atoms with Crippen LogP contribution in [0.2, 0.25) is 0 Å². The zero-order chi connectivity index (χ0) is 14.1. The third-order valence-electron chi connectivity index (χ3n) is 3.43. The van der Waals surface area contributed by atoms with Crippen LogP contribution in [0.25, 0.3) is 0 Å². The fraction of sp³-hybridized carbons (Fsp3) is 0.562. The van der Waals surface area contributed by atoms with E-state index >= 15 is 0 Å². The second kappa shape index (κ2) is 9.13. The van der Waals surface area contributed by atoms with Gasteiger partial charge in [-0.3, -0.25) is 4.79 Å². The van der Waals surface area contributed by atoms with Gasteiger partial charge in [0.25, 0.3) is 0 Å². The van der Waals surface area contributed by atoms with Crippen molar-refractivity contribution in [1.29, 1.82) is 0 Å². The highest BCUT2D eigenvalue weighted by Gasteiger charge is 2.18. The van der Waals surface area contributed by atoms with E-state index in [4.69, 9.17) is 0 Å². The first-order valence-corrected chi connectivity index (χ1v) is 7.90. The molecule has 1 aromatic carbocycles. The normalized spacial score (nSPS) is 12.3. The van der Waals surface area contributed by atoms with E-state index in [9.17, 15) is 9.90 Å². The summed E-state index contributed by atoms with van der Waals surface area (Å²) in [5.41, 5.74) is 1.09. The van der Waals surface area contributed by atoms with E-state index in [1.54, 1.807) is 0 Å². The number of aliphatic carboxylic acids is 1. The van der Waals surface area contributed by atoms with E-state index < -0.39 is 5.97 Å². The summed E-state index contributed by atoms with van der Waals surface area (Å²) >= 11 is 3.48. The molecule has 0 bridgehead atoms. The fourth-order valence-electron chi connectivity index (χ4n) is 2.24. The van der Waals surface area contributed by atoms with Gasteiger partial charge in [-0.15, -0.1) is 0 Å². The fourth-order valence-corrected chi connectivity index (χ4v) is 2.68. The minimum absolute atomic E-state index is 0.264. The molecule has 1 N–H and O–H groups in total. The standard InChI is InChI=1S/C16H23BrO2/c1-2-3-4-5-6-10-14(16(18)19)12-13-9-7-8-11-15(13)17/h7-9,11,14H,2-6,10,12H2,1H3,(H,18,19). The van der Waals surface area contributed by atoms with E-state index in [0.717, 1.165) is 29.3 Å². The van der Waals surface area contributed by atoms with Crippen molar-refractivity contribution < 1.29 is 9.90 Å². The van der Waals surface area contributed by atoms with E-state index in [0.29, 0.717) is 6.42 Å². The molecule has 1 rings (SSSR count). The van der Waals surface area contributed by atoms with Crippen molar-refractivity contribution in [2.24, 2.45) is 5.92 Å². The predicted molar refractivity (Wildman–Crippen MR) is 82.3 cm³/mol. The first kappa shape index (κ1) is 16.2. The number of rotatable bonds is 9. The summed E-state index contributed by atoms with van der Waals surface area (Å²) < 4.78 is 1.01. The summed E-state index contributed by atoms with van der Waals surface area (Å²) in [6, 6.07) is 7.88. The Morgan fingerprint density at radius 2 is 1.89 bits per heavy atom. The van der Waals surface area contributed by atoms with E-state index in [2.05, 4.69) is 22.9 Å². The highest BCUT2D eigenvalue weighted by atomic mass is 79.9. The van der Waals surface area contributed by atoms with Gasteiger partial charge in [-0.05, 0) is 24.5 Å². The molecule has 2 nitrogen and oxygen atoms in total. The molecule has 0 amide bonds. The molecule has 0 saturated heterocycles. The Labute approximate surface area is 124 Å². The number of hydrogen-bond donors (Lipinski definition) is 1. The topological polar surface area (TPSA) is 37.3 Å². The van der Waals surface area contributed by atoms with Crippen molar-refractivity contribution in [1.82, 2.24) is 0 Å². The van der Waals surface area contributed by atoms with Gasteiger partial charge < -0.3 is 5.11 Å². The van der Waals surface area contributed by atoms with Gasteiger partial charge in [-0.25, -0.2) is 0 Å². The summed E-state index contributed by atoms with van der Waals surface area (Å²) in [6.45, 7) is 2.19. The molecular formula is C16H23BrO2. The smallest absolute Gasteiger partial charge is 0.306 e.